The van der Waals surface area contributed by atoms with E-state index in [-0.39, 0.29) is 24.3 Å². The molecule has 5 aliphatic rings. The second kappa shape index (κ2) is 15.2. The first kappa shape index (κ1) is 44.1. The largest absolute Gasteiger partial charge is 0.497 e. The van der Waals surface area contributed by atoms with E-state index in [0.29, 0.717) is 22.5 Å². The van der Waals surface area contributed by atoms with Gasteiger partial charge in [-0.3, -0.25) is 9.59 Å². The van der Waals surface area contributed by atoms with Crippen molar-refractivity contribution in [2.24, 2.45) is 16.7 Å². The summed E-state index contributed by atoms with van der Waals surface area (Å²) in [6.45, 7) is 16.2. The molecule has 0 spiro atoms. The summed E-state index contributed by atoms with van der Waals surface area (Å²) in [6, 6.07) is 3.24. The van der Waals surface area contributed by atoms with Crippen molar-refractivity contribution in [2.45, 2.75) is 142 Å². The number of aliphatic hydroxyl groups excluding tert-OH is 1. The number of hydrogen-bond donors (Lipinski definition) is 3. The molecule has 16 nitrogen and oxygen atoms in total. The standard InChI is InChI=1S/C43H57NO15/c1-20(2)15-25(44-38(50)59-39(5,6)7)31(46)37(49)55-27-18-43(51)35(57-36(48)24-16-23(52-11)13-14-26(24)53-12)33-41(10)28(17-29-42(33,19-54-29)58-22(4)45)56-32(34(41)47)30(21(27)3)40(43,8)9/h13-16,25,27-29,31-33,35,46,51H,17-19H2,1-12H3,(H,44,50)/t25-,27-,28+,29+,31+,32-,33-,35-,41+,42-,43+/m0/s1. The molecule has 4 bridgehead atoms. The van der Waals surface area contributed by atoms with Crippen molar-refractivity contribution in [2.75, 3.05) is 20.8 Å². The highest BCUT2D eigenvalue weighted by molar-refractivity contribution is 5.96. The number of methoxy groups -OCH3 is 2. The SMILES string of the molecule is COc1ccc(OC)c(C(=O)O[C@H]2[C@@H]3[C@]4(OC(C)=O)CO[C@@H]4C[C@H]4O[C@H](C(=O)[C@@]34C)C3=C(C)[C@@H](OC(=O)[C@H](O)[C@H](C=C(C)C)NC(=O)OC(C)(C)C)C[C@]2(O)C3(C)C)c1. The van der Waals surface area contributed by atoms with Gasteiger partial charge < -0.3 is 53.4 Å². The summed E-state index contributed by atoms with van der Waals surface area (Å²) in [5.74, 6) is -4.00. The summed E-state index contributed by atoms with van der Waals surface area (Å²) < 4.78 is 47.7. The van der Waals surface area contributed by atoms with Crippen LogP contribution in [0.1, 0.15) is 92.4 Å². The number of alkyl carbamates (subject to hydrolysis) is 1. The predicted octanol–water partition coefficient (Wildman–Crippen LogP) is 3.92. The van der Waals surface area contributed by atoms with Crippen LogP contribution in [0.3, 0.4) is 0 Å². The van der Waals surface area contributed by atoms with Gasteiger partial charge in [-0.25, -0.2) is 14.4 Å². The number of rotatable bonds is 10. The number of carbonyl (C=O) groups is 5. The molecule has 59 heavy (non-hydrogen) atoms. The molecule has 16 heteroatoms. The fourth-order valence-corrected chi connectivity index (χ4v) is 9.98. The first-order chi connectivity index (χ1) is 27.4. The Morgan fingerprint density at radius 3 is 2.25 bits per heavy atom. The molecule has 2 heterocycles. The maximum absolute atomic E-state index is 15.1. The van der Waals surface area contributed by atoms with Crippen LogP contribution in [0.2, 0.25) is 0 Å². The molecule has 1 aromatic carbocycles. The second-order valence-corrected chi connectivity index (χ2v) is 18.2. The van der Waals surface area contributed by atoms with Crippen molar-refractivity contribution in [3.63, 3.8) is 0 Å². The van der Waals surface area contributed by atoms with Crippen LogP contribution in [0.5, 0.6) is 11.5 Å². The Morgan fingerprint density at radius 1 is 1.02 bits per heavy atom. The molecule has 2 aliphatic heterocycles. The lowest BCUT2D eigenvalue weighted by Gasteiger charge is -2.65. The fourth-order valence-electron chi connectivity index (χ4n) is 9.98. The Balaban J connectivity index is 1.50. The molecule has 1 amide bonds. The van der Waals surface area contributed by atoms with Gasteiger partial charge in [-0.15, -0.1) is 0 Å². The number of carbonyl (C=O) groups excluding carboxylic acids is 5. The summed E-state index contributed by atoms with van der Waals surface area (Å²) in [5.41, 5.74) is -6.27. The zero-order valence-electron chi connectivity index (χ0n) is 35.8. The minimum Gasteiger partial charge on any atom is -0.497 e. The summed E-state index contributed by atoms with van der Waals surface area (Å²) in [5, 5.41) is 27.6. The fraction of sp³-hybridized carbons (Fsp3) is 0.651. The van der Waals surface area contributed by atoms with Crippen LogP contribution < -0.4 is 14.8 Å². The van der Waals surface area contributed by atoms with E-state index < -0.39 is 112 Å². The first-order valence-corrected chi connectivity index (χ1v) is 19.8. The van der Waals surface area contributed by atoms with E-state index in [2.05, 4.69) is 5.32 Å². The van der Waals surface area contributed by atoms with Crippen molar-refractivity contribution < 1.29 is 72.1 Å². The summed E-state index contributed by atoms with van der Waals surface area (Å²) >= 11 is 0. The number of Topliss-reactive ketones (excluding diaryl/α,β-unsaturated/α-hetero) is 1. The zero-order chi connectivity index (χ0) is 43.8. The summed E-state index contributed by atoms with van der Waals surface area (Å²) in [6.07, 6.45) is -7.49. The van der Waals surface area contributed by atoms with E-state index in [0.717, 1.165) is 0 Å². The van der Waals surface area contributed by atoms with Crippen LogP contribution >= 0.6 is 0 Å². The monoisotopic (exact) mass is 827 g/mol. The average Bonchev–Trinajstić information content (AvgIpc) is 3.37. The van der Waals surface area contributed by atoms with Crippen LogP contribution in [0, 0.1) is 16.7 Å². The highest BCUT2D eigenvalue weighted by Crippen LogP contribution is 2.67. The quantitative estimate of drug-likeness (QED) is 0.173. The van der Waals surface area contributed by atoms with E-state index in [1.807, 2.05) is 0 Å². The van der Waals surface area contributed by atoms with E-state index >= 15 is 4.79 Å². The molecule has 2 saturated heterocycles. The first-order valence-electron chi connectivity index (χ1n) is 19.8. The number of benzene rings is 1. The molecular formula is C43H57NO15. The maximum Gasteiger partial charge on any atom is 0.408 e. The Morgan fingerprint density at radius 2 is 1.69 bits per heavy atom. The average molecular weight is 828 g/mol. The third kappa shape index (κ3) is 7.19. The highest BCUT2D eigenvalue weighted by Gasteiger charge is 2.80. The Kier molecular flexibility index (Phi) is 11.3. The van der Waals surface area contributed by atoms with Gasteiger partial charge in [0.25, 0.3) is 0 Å². The highest BCUT2D eigenvalue weighted by atomic mass is 16.6. The molecule has 0 unspecified atom stereocenters. The Bertz CT molecular complexity index is 1980. The molecule has 3 N–H and O–H groups in total. The van der Waals surface area contributed by atoms with Crippen LogP contribution in [0.4, 0.5) is 4.79 Å². The van der Waals surface area contributed by atoms with Crippen LogP contribution in [-0.2, 0) is 42.8 Å². The second-order valence-electron chi connectivity index (χ2n) is 18.2. The summed E-state index contributed by atoms with van der Waals surface area (Å²) in [7, 11) is 2.80. The van der Waals surface area contributed by atoms with Gasteiger partial charge in [-0.05, 0) is 77.8 Å². The van der Waals surface area contributed by atoms with Gasteiger partial charge in [0.2, 0.25) is 0 Å². The normalized spacial score (nSPS) is 33.7. The number of ketones is 1. The molecular weight excluding hydrogens is 770 g/mol. The molecule has 4 fully saturated rings. The van der Waals surface area contributed by atoms with Gasteiger partial charge in [0, 0.05) is 25.2 Å². The molecule has 2 saturated carbocycles. The molecule has 1 aromatic rings. The topological polar surface area (TPSA) is 212 Å². The van der Waals surface area contributed by atoms with Crippen molar-refractivity contribution in [1.82, 2.24) is 5.32 Å². The number of esters is 3. The summed E-state index contributed by atoms with van der Waals surface area (Å²) in [4.78, 5) is 69.5. The lowest BCUT2D eigenvalue weighted by molar-refractivity contribution is -0.338. The lowest BCUT2D eigenvalue weighted by Crippen LogP contribution is -2.80. The molecule has 0 radical (unpaired) electrons. The zero-order valence-corrected chi connectivity index (χ0v) is 35.8. The smallest absolute Gasteiger partial charge is 0.408 e. The van der Waals surface area contributed by atoms with Gasteiger partial charge in [-0.2, -0.15) is 0 Å². The van der Waals surface area contributed by atoms with Crippen molar-refractivity contribution in [3.8, 4) is 11.5 Å². The van der Waals surface area contributed by atoms with Crippen molar-refractivity contribution in [3.05, 3.63) is 46.6 Å². The molecule has 3 aliphatic carbocycles. The van der Waals surface area contributed by atoms with Crippen LogP contribution in [0.15, 0.2) is 41.0 Å². The Hall–Kier alpha value is -4.51. The lowest BCUT2D eigenvalue weighted by atomic mass is 9.46. The number of aliphatic hydroxyl groups is 2. The van der Waals surface area contributed by atoms with E-state index in [1.54, 1.807) is 68.4 Å². The molecule has 6 rings (SSSR count). The number of amides is 1. The third-order valence-corrected chi connectivity index (χ3v) is 12.8. The van der Waals surface area contributed by atoms with Crippen LogP contribution in [-0.4, -0.2) is 120 Å². The van der Waals surface area contributed by atoms with Crippen molar-refractivity contribution in [1.29, 1.82) is 0 Å². The van der Waals surface area contributed by atoms with Crippen LogP contribution in [0.25, 0.3) is 0 Å². The number of nitrogens with one attached hydrogen (secondary N) is 1. The van der Waals surface area contributed by atoms with Gasteiger partial charge in [-0.1, -0.05) is 25.5 Å². The van der Waals surface area contributed by atoms with Gasteiger partial charge >= 0.3 is 24.0 Å². The van der Waals surface area contributed by atoms with Gasteiger partial charge in [0.15, 0.2) is 17.5 Å². The molecule has 324 valence electrons. The number of hydrogen-bond acceptors (Lipinski definition) is 15. The van der Waals surface area contributed by atoms with Gasteiger partial charge in [0.05, 0.1) is 44.3 Å². The Labute approximate surface area is 343 Å². The number of allylic oxidation sites excluding steroid dienone is 1. The maximum atomic E-state index is 15.1. The van der Waals surface area contributed by atoms with E-state index in [4.69, 9.17) is 37.9 Å². The molecule has 11 atom stereocenters. The third-order valence-electron chi connectivity index (χ3n) is 12.8. The van der Waals surface area contributed by atoms with Gasteiger partial charge in [0.1, 0.15) is 52.7 Å². The number of fused-ring (bicyclic) bond motifs is 6. The van der Waals surface area contributed by atoms with E-state index in [9.17, 15) is 29.4 Å². The minimum absolute atomic E-state index is 0.0562. The van der Waals surface area contributed by atoms with Crippen molar-refractivity contribution >= 4 is 29.8 Å². The van der Waals surface area contributed by atoms with E-state index in [1.165, 1.54) is 39.4 Å². The number of ether oxygens (including phenoxy) is 8. The minimum atomic E-state index is -2.19. The molecule has 0 aromatic heterocycles. The predicted molar refractivity (Wildman–Crippen MR) is 207 cm³/mol.